The second-order valence-corrected chi connectivity index (χ2v) is 14.9. The van der Waals surface area contributed by atoms with Crippen molar-refractivity contribution in [3.63, 3.8) is 0 Å². The number of carbonyl (C=O) groups excluding carboxylic acids is 6. The minimum atomic E-state index is -1.21. The summed E-state index contributed by atoms with van der Waals surface area (Å²) >= 11 is 0. The van der Waals surface area contributed by atoms with E-state index in [1.807, 2.05) is 27.7 Å². The zero-order chi connectivity index (χ0) is 38.0. The molecule has 50 heavy (non-hydrogen) atoms. The van der Waals surface area contributed by atoms with Crippen LogP contribution in [-0.4, -0.2) is 107 Å². The molecule has 2 unspecified atom stereocenters. The average molecular weight is 703 g/mol. The van der Waals surface area contributed by atoms with Gasteiger partial charge in [-0.2, -0.15) is 0 Å². The van der Waals surface area contributed by atoms with Crippen LogP contribution < -0.4 is 5.32 Å². The highest BCUT2D eigenvalue weighted by Gasteiger charge is 2.46. The van der Waals surface area contributed by atoms with E-state index in [1.165, 1.54) is 21.7 Å². The Hall–Kier alpha value is -3.62. The van der Waals surface area contributed by atoms with Crippen LogP contribution in [0.25, 0.3) is 0 Å². The first-order valence-corrected chi connectivity index (χ1v) is 18.4. The maximum Gasteiger partial charge on any atom is 0.329 e. The molecule has 2 rings (SSSR count). The average Bonchev–Trinajstić information content (AvgIpc) is 3.57. The zero-order valence-corrected chi connectivity index (χ0v) is 32.2. The van der Waals surface area contributed by atoms with Crippen molar-refractivity contribution in [2.75, 3.05) is 20.6 Å². The van der Waals surface area contributed by atoms with Gasteiger partial charge < -0.3 is 29.5 Å². The van der Waals surface area contributed by atoms with Crippen molar-refractivity contribution in [2.24, 2.45) is 29.6 Å². The predicted octanol–water partition coefficient (Wildman–Crippen LogP) is 3.80. The number of cyclic esters (lactones) is 2. The van der Waals surface area contributed by atoms with Crippen molar-refractivity contribution < 1.29 is 38.2 Å². The van der Waals surface area contributed by atoms with E-state index in [1.54, 1.807) is 41.7 Å². The third kappa shape index (κ3) is 10.0. The maximum atomic E-state index is 14.2. The van der Waals surface area contributed by atoms with Gasteiger partial charge in [-0.05, 0) is 49.4 Å². The maximum absolute atomic E-state index is 14.2. The lowest BCUT2D eigenvalue weighted by Crippen LogP contribution is -2.58. The van der Waals surface area contributed by atoms with Crippen LogP contribution in [0.5, 0.6) is 0 Å². The highest BCUT2D eigenvalue weighted by atomic mass is 16.6. The fourth-order valence-electron chi connectivity index (χ4n) is 6.84. The van der Waals surface area contributed by atoms with E-state index >= 15 is 0 Å². The van der Waals surface area contributed by atoms with E-state index in [2.05, 4.69) is 11.2 Å². The molecule has 282 valence electrons. The van der Waals surface area contributed by atoms with Crippen LogP contribution in [0.4, 0.5) is 0 Å². The van der Waals surface area contributed by atoms with Crippen LogP contribution in [0.3, 0.4) is 0 Å². The quantitative estimate of drug-likeness (QED) is 0.217. The van der Waals surface area contributed by atoms with Gasteiger partial charge in [0.05, 0.1) is 5.92 Å². The van der Waals surface area contributed by atoms with E-state index in [4.69, 9.17) is 15.9 Å². The summed E-state index contributed by atoms with van der Waals surface area (Å²) < 4.78 is 12.1. The summed E-state index contributed by atoms with van der Waals surface area (Å²) in [4.78, 5) is 88.5. The van der Waals surface area contributed by atoms with Crippen molar-refractivity contribution >= 4 is 35.6 Å². The van der Waals surface area contributed by atoms with Crippen molar-refractivity contribution in [2.45, 2.75) is 144 Å². The minimum absolute atomic E-state index is 0.286. The van der Waals surface area contributed by atoms with E-state index in [9.17, 15) is 28.8 Å². The van der Waals surface area contributed by atoms with Gasteiger partial charge in [-0.1, -0.05) is 75.2 Å². The topological polar surface area (TPSA) is 143 Å². The Labute approximate surface area is 299 Å². The van der Waals surface area contributed by atoms with Gasteiger partial charge in [0, 0.05) is 27.1 Å². The number of ether oxygens (including phenoxy) is 2. The second-order valence-electron chi connectivity index (χ2n) is 14.9. The largest absolute Gasteiger partial charge is 0.460 e. The van der Waals surface area contributed by atoms with Gasteiger partial charge in [0.15, 0.2) is 6.10 Å². The molecule has 0 aromatic heterocycles. The number of esters is 2. The lowest BCUT2D eigenvalue weighted by Gasteiger charge is -2.37. The van der Waals surface area contributed by atoms with Crippen LogP contribution in [0.2, 0.25) is 0 Å². The molecular weight excluding hydrogens is 640 g/mol. The Kier molecular flexibility index (Phi) is 16.3. The Bertz CT molecular complexity index is 1260. The fourth-order valence-corrected chi connectivity index (χ4v) is 6.84. The van der Waals surface area contributed by atoms with Gasteiger partial charge >= 0.3 is 11.9 Å². The Morgan fingerprint density at radius 2 is 1.36 bits per heavy atom. The summed E-state index contributed by atoms with van der Waals surface area (Å²) in [6.07, 6.45) is 6.60. The van der Waals surface area contributed by atoms with Crippen LogP contribution in [0, 0.1) is 41.9 Å². The molecule has 2 saturated heterocycles. The molecule has 2 aliphatic rings. The van der Waals surface area contributed by atoms with E-state index in [0.717, 1.165) is 0 Å². The molecule has 0 aromatic rings. The molecule has 0 radical (unpaired) electrons. The fraction of sp³-hybridized carbons (Fsp3) is 0.789. The summed E-state index contributed by atoms with van der Waals surface area (Å²) in [7, 11) is 3.04. The Balaban J connectivity index is 2.76. The number of likely N-dealkylation sites (N-methyl/N-ethyl adjacent to an activating group) is 2. The third-order valence-electron chi connectivity index (χ3n) is 10.6. The molecule has 12 nitrogen and oxygen atoms in total. The summed E-state index contributed by atoms with van der Waals surface area (Å²) in [5.41, 5.74) is 0. The first-order valence-electron chi connectivity index (χ1n) is 18.4. The number of terminal acetylenes is 1. The van der Waals surface area contributed by atoms with Gasteiger partial charge in [-0.3, -0.25) is 19.2 Å². The lowest BCUT2D eigenvalue weighted by atomic mass is 9.93. The van der Waals surface area contributed by atoms with Crippen LogP contribution in [0.1, 0.15) is 107 Å². The summed E-state index contributed by atoms with van der Waals surface area (Å²) in [6, 6.07) is -3.92. The van der Waals surface area contributed by atoms with Crippen LogP contribution in [0.15, 0.2) is 0 Å². The van der Waals surface area contributed by atoms with Crippen molar-refractivity contribution in [3.8, 4) is 12.3 Å². The van der Waals surface area contributed by atoms with Crippen molar-refractivity contribution in [1.29, 1.82) is 0 Å². The Morgan fingerprint density at radius 1 is 0.820 bits per heavy atom. The van der Waals surface area contributed by atoms with Crippen LogP contribution in [-0.2, 0) is 38.2 Å². The number of unbranched alkanes of at least 4 members (excludes halogenated alkanes) is 1. The number of hydrogen-bond donors (Lipinski definition) is 1. The van der Waals surface area contributed by atoms with E-state index in [0.29, 0.717) is 44.9 Å². The van der Waals surface area contributed by atoms with E-state index in [-0.39, 0.29) is 24.3 Å². The molecule has 0 aromatic carbocycles. The standard InChI is InChI=1S/C38H62N4O8/c1-13-16-17-20-28-26(10)33(43)39-29(22(4)5)35(45)41(12)31(25(9)15-3)38(48)50-32(23(6)7)36(46)42-21-18-19-27(42)34(44)40(11)30(24(8)14-2)37(47)49-28/h1,22-32H,14-21H2,2-12H3,(H,39,43)/t24-,25-,26-,27-,28?,29-,30-,31?,32-/m0/s1. The normalized spacial score (nSPS) is 29.4. The molecule has 0 aliphatic carbocycles. The molecule has 1 N–H and O–H groups in total. The molecule has 0 saturated carbocycles. The van der Waals surface area contributed by atoms with Crippen LogP contribution >= 0.6 is 0 Å². The monoisotopic (exact) mass is 702 g/mol. The molecule has 2 heterocycles. The highest BCUT2D eigenvalue weighted by molar-refractivity contribution is 5.95. The van der Waals surface area contributed by atoms with Gasteiger partial charge in [-0.25, -0.2) is 9.59 Å². The van der Waals surface area contributed by atoms with Gasteiger partial charge in [0.1, 0.15) is 30.3 Å². The number of fused-ring (bicyclic) bond motifs is 1. The molecule has 0 bridgehead atoms. The molecule has 2 fully saturated rings. The van der Waals surface area contributed by atoms with Gasteiger partial charge in [-0.15, -0.1) is 12.3 Å². The van der Waals surface area contributed by atoms with Gasteiger partial charge in [0.25, 0.3) is 5.91 Å². The first-order chi connectivity index (χ1) is 23.4. The van der Waals surface area contributed by atoms with E-state index < -0.39 is 83.8 Å². The lowest BCUT2D eigenvalue weighted by molar-refractivity contribution is -0.172. The first kappa shape index (κ1) is 42.5. The molecule has 2 aliphatic heterocycles. The molecular formula is C38H62N4O8. The highest BCUT2D eigenvalue weighted by Crippen LogP contribution is 2.28. The van der Waals surface area contributed by atoms with Gasteiger partial charge in [0.2, 0.25) is 17.7 Å². The predicted molar refractivity (Wildman–Crippen MR) is 190 cm³/mol. The Morgan fingerprint density at radius 3 is 1.86 bits per heavy atom. The van der Waals surface area contributed by atoms with Crippen molar-refractivity contribution in [3.05, 3.63) is 0 Å². The number of carbonyl (C=O) groups is 6. The smallest absolute Gasteiger partial charge is 0.329 e. The number of hydrogen-bond acceptors (Lipinski definition) is 8. The number of nitrogens with zero attached hydrogens (tertiary/aromatic N) is 3. The SMILES string of the molecule is C#CCCCC1OC(=O)[C@H]([C@@H](C)CC)N(C)C(=O)[C@@H]2CCCN2C(=O)[C@H](C(C)C)OC(=O)C([C@@H](C)CC)N(C)C(=O)[C@H](C(C)C)NC(=O)[C@H]1C. The minimum Gasteiger partial charge on any atom is -0.460 e. The molecule has 4 amide bonds. The number of amides is 4. The molecule has 0 spiro atoms. The summed E-state index contributed by atoms with van der Waals surface area (Å²) in [6.45, 7) is 16.5. The molecule has 9 atom stereocenters. The zero-order valence-electron chi connectivity index (χ0n) is 32.2. The third-order valence-corrected chi connectivity index (χ3v) is 10.6. The number of nitrogens with one attached hydrogen (secondary N) is 1. The summed E-state index contributed by atoms with van der Waals surface area (Å²) in [5, 5.41) is 2.87. The second kappa shape index (κ2) is 19.1. The summed E-state index contributed by atoms with van der Waals surface area (Å²) in [5.74, 6) is -3.04. The molecule has 12 heteroatoms. The van der Waals surface area contributed by atoms with Crippen molar-refractivity contribution in [1.82, 2.24) is 20.0 Å². The number of rotatable bonds is 9.